The number of hydrogen-bond acceptors (Lipinski definition) is 6. The first-order valence-electron chi connectivity index (χ1n) is 11.0. The van der Waals surface area contributed by atoms with E-state index in [4.69, 9.17) is 4.52 Å². The van der Waals surface area contributed by atoms with Crippen LogP contribution in [0.3, 0.4) is 0 Å². The van der Waals surface area contributed by atoms with Crippen molar-refractivity contribution in [2.45, 2.75) is 75.4 Å². The van der Waals surface area contributed by atoms with Crippen molar-refractivity contribution in [3.05, 3.63) is 17.5 Å². The van der Waals surface area contributed by atoms with Gasteiger partial charge in [0.1, 0.15) is 5.76 Å². The van der Waals surface area contributed by atoms with E-state index in [1.807, 2.05) is 0 Å². The van der Waals surface area contributed by atoms with Gasteiger partial charge in [0, 0.05) is 30.1 Å². The molecule has 1 unspecified atom stereocenters. The molecule has 29 heavy (non-hydrogen) atoms. The van der Waals surface area contributed by atoms with E-state index in [-0.39, 0.29) is 35.7 Å². The predicted octanol–water partition coefficient (Wildman–Crippen LogP) is 1.61. The monoisotopic (exact) mass is 422 g/mol. The van der Waals surface area contributed by atoms with Gasteiger partial charge in [-0.05, 0) is 70.4 Å². The average molecular weight is 423 g/mol. The van der Waals surface area contributed by atoms with Crippen LogP contribution in [0.15, 0.2) is 10.6 Å². The molecule has 1 amide bonds. The molecule has 0 aromatic carbocycles. The summed E-state index contributed by atoms with van der Waals surface area (Å²) in [7, 11) is -3.27. The Bertz CT molecular complexity index is 846. The highest BCUT2D eigenvalue weighted by molar-refractivity contribution is 7.89. The SMILES string of the molecule is O=C(NC1C[C@H]2CC[C@@H](C1)N2S(=O)(=O)C[C@H]1CCCNC1)c1cc(C2CC2)on1. The highest BCUT2D eigenvalue weighted by Gasteiger charge is 2.47. The largest absolute Gasteiger partial charge is 0.360 e. The minimum Gasteiger partial charge on any atom is -0.360 e. The summed E-state index contributed by atoms with van der Waals surface area (Å²) in [4.78, 5) is 12.6. The Kier molecular flexibility index (Phi) is 5.16. The number of hydrogen-bond donors (Lipinski definition) is 2. The third kappa shape index (κ3) is 4.09. The molecule has 1 saturated carbocycles. The first-order chi connectivity index (χ1) is 14.0. The van der Waals surface area contributed by atoms with Gasteiger partial charge in [0.15, 0.2) is 5.69 Å². The molecule has 8 nitrogen and oxygen atoms in total. The molecule has 5 rings (SSSR count). The van der Waals surface area contributed by atoms with E-state index in [9.17, 15) is 13.2 Å². The zero-order valence-corrected chi connectivity index (χ0v) is 17.5. The third-order valence-electron chi connectivity index (χ3n) is 6.91. The normalized spacial score (nSPS) is 33.0. The van der Waals surface area contributed by atoms with Gasteiger partial charge >= 0.3 is 0 Å². The number of amides is 1. The van der Waals surface area contributed by atoms with Gasteiger partial charge in [-0.3, -0.25) is 4.79 Å². The van der Waals surface area contributed by atoms with Gasteiger partial charge in [0.25, 0.3) is 5.91 Å². The zero-order valence-electron chi connectivity index (χ0n) is 16.7. The number of carbonyl (C=O) groups excluding carboxylic acids is 1. The summed E-state index contributed by atoms with van der Waals surface area (Å²) in [6.07, 6.45) is 7.35. The third-order valence-corrected chi connectivity index (χ3v) is 9.04. The van der Waals surface area contributed by atoms with Crippen molar-refractivity contribution in [3.8, 4) is 0 Å². The van der Waals surface area contributed by atoms with Crippen LogP contribution in [0.2, 0.25) is 0 Å². The fraction of sp³-hybridized carbons (Fsp3) is 0.800. The van der Waals surface area contributed by atoms with Crippen LogP contribution in [0.4, 0.5) is 0 Å². The first kappa shape index (κ1) is 19.5. The number of carbonyl (C=O) groups is 1. The maximum atomic E-state index is 13.1. The molecule has 9 heteroatoms. The lowest BCUT2D eigenvalue weighted by Gasteiger charge is -2.39. The molecule has 3 saturated heterocycles. The van der Waals surface area contributed by atoms with Crippen LogP contribution in [-0.4, -0.2) is 60.8 Å². The maximum Gasteiger partial charge on any atom is 0.273 e. The van der Waals surface area contributed by atoms with Gasteiger partial charge in [-0.15, -0.1) is 0 Å². The fourth-order valence-electron chi connectivity index (χ4n) is 5.37. The predicted molar refractivity (Wildman–Crippen MR) is 107 cm³/mol. The molecule has 1 aromatic heterocycles. The van der Waals surface area contributed by atoms with Crippen LogP contribution in [0.5, 0.6) is 0 Å². The van der Waals surface area contributed by atoms with Crippen LogP contribution in [0, 0.1) is 5.92 Å². The fourth-order valence-corrected chi connectivity index (χ4v) is 7.72. The summed E-state index contributed by atoms with van der Waals surface area (Å²) in [5.41, 5.74) is 0.332. The second kappa shape index (κ2) is 7.67. The molecule has 2 N–H and O–H groups in total. The second-order valence-corrected chi connectivity index (χ2v) is 11.2. The molecule has 3 aliphatic heterocycles. The molecule has 160 valence electrons. The second-order valence-electron chi connectivity index (χ2n) is 9.24. The van der Waals surface area contributed by atoms with Crippen molar-refractivity contribution in [1.29, 1.82) is 0 Å². The molecule has 1 aliphatic carbocycles. The lowest BCUT2D eigenvalue weighted by Crippen LogP contribution is -2.53. The van der Waals surface area contributed by atoms with E-state index < -0.39 is 10.0 Å². The number of piperidine rings is 2. The van der Waals surface area contributed by atoms with Gasteiger partial charge in [-0.1, -0.05) is 5.16 Å². The summed E-state index contributed by atoms with van der Waals surface area (Å²) < 4.78 is 33.3. The van der Waals surface area contributed by atoms with E-state index in [0.29, 0.717) is 24.5 Å². The first-order valence-corrected chi connectivity index (χ1v) is 12.6. The molecule has 0 spiro atoms. The van der Waals surface area contributed by atoms with Crippen molar-refractivity contribution in [3.63, 3.8) is 0 Å². The minimum atomic E-state index is -3.27. The topological polar surface area (TPSA) is 105 Å². The molecular formula is C20H30N4O4S. The summed E-state index contributed by atoms with van der Waals surface area (Å²) in [5, 5.41) is 10.3. The maximum absolute atomic E-state index is 13.1. The molecule has 2 bridgehead atoms. The Balaban J connectivity index is 1.20. The molecule has 4 aliphatic rings. The van der Waals surface area contributed by atoms with Gasteiger partial charge in [0.2, 0.25) is 10.0 Å². The van der Waals surface area contributed by atoms with Crippen LogP contribution >= 0.6 is 0 Å². The quantitative estimate of drug-likeness (QED) is 0.722. The van der Waals surface area contributed by atoms with Gasteiger partial charge in [0.05, 0.1) is 5.75 Å². The van der Waals surface area contributed by atoms with E-state index in [1.165, 1.54) is 0 Å². The zero-order chi connectivity index (χ0) is 20.0. The van der Waals surface area contributed by atoms with Crippen LogP contribution in [0.1, 0.15) is 73.5 Å². The number of fused-ring (bicyclic) bond motifs is 2. The van der Waals surface area contributed by atoms with Gasteiger partial charge in [-0.25, -0.2) is 8.42 Å². The van der Waals surface area contributed by atoms with Crippen molar-refractivity contribution in [2.75, 3.05) is 18.8 Å². The van der Waals surface area contributed by atoms with Crippen molar-refractivity contribution in [1.82, 2.24) is 20.1 Å². The number of sulfonamides is 1. The Morgan fingerprint density at radius 1 is 1.21 bits per heavy atom. The standard InChI is InChI=1S/C20H30N4O4S/c25-20(18-10-19(28-23-18)14-3-4-14)22-15-8-16-5-6-17(9-15)24(16)29(26,27)12-13-2-1-7-21-11-13/h10,13-17,21H,1-9,11-12H2,(H,22,25)/t13-,15?,16-,17+/m0/s1. The van der Waals surface area contributed by atoms with Crippen LogP contribution < -0.4 is 10.6 Å². The Morgan fingerprint density at radius 3 is 2.62 bits per heavy atom. The minimum absolute atomic E-state index is 0.0000614. The molecule has 0 radical (unpaired) electrons. The molecule has 1 aromatic rings. The lowest BCUT2D eigenvalue weighted by molar-refractivity contribution is 0.0900. The van der Waals surface area contributed by atoms with Crippen molar-refractivity contribution < 1.29 is 17.7 Å². The van der Waals surface area contributed by atoms with E-state index >= 15 is 0 Å². The molecule has 4 fully saturated rings. The van der Waals surface area contributed by atoms with Crippen molar-refractivity contribution >= 4 is 15.9 Å². The summed E-state index contributed by atoms with van der Waals surface area (Å²) in [6, 6.07) is 1.74. The number of aromatic nitrogens is 1. The summed E-state index contributed by atoms with van der Waals surface area (Å²) in [6.45, 7) is 1.78. The Morgan fingerprint density at radius 2 is 1.97 bits per heavy atom. The van der Waals surface area contributed by atoms with Crippen LogP contribution in [0.25, 0.3) is 0 Å². The Hall–Kier alpha value is -1.45. The summed E-state index contributed by atoms with van der Waals surface area (Å²) >= 11 is 0. The number of nitrogens with zero attached hydrogens (tertiary/aromatic N) is 2. The molecule has 4 heterocycles. The van der Waals surface area contributed by atoms with Gasteiger partial charge < -0.3 is 15.2 Å². The lowest BCUT2D eigenvalue weighted by atomic mass is 9.99. The smallest absolute Gasteiger partial charge is 0.273 e. The average Bonchev–Trinajstić information content (AvgIpc) is 3.34. The Labute approximate surface area is 171 Å². The van der Waals surface area contributed by atoms with E-state index in [2.05, 4.69) is 15.8 Å². The highest BCUT2D eigenvalue weighted by atomic mass is 32.2. The highest BCUT2D eigenvalue weighted by Crippen LogP contribution is 2.41. The summed E-state index contributed by atoms with van der Waals surface area (Å²) in [5.74, 6) is 1.46. The van der Waals surface area contributed by atoms with E-state index in [0.717, 1.165) is 57.4 Å². The number of nitrogens with one attached hydrogen (secondary N) is 2. The van der Waals surface area contributed by atoms with Gasteiger partial charge in [-0.2, -0.15) is 4.31 Å². The molecular weight excluding hydrogens is 392 g/mol. The number of rotatable bonds is 6. The van der Waals surface area contributed by atoms with Crippen LogP contribution in [-0.2, 0) is 10.0 Å². The van der Waals surface area contributed by atoms with E-state index in [1.54, 1.807) is 10.4 Å². The van der Waals surface area contributed by atoms with Crippen molar-refractivity contribution in [2.24, 2.45) is 5.92 Å². The molecule has 4 atom stereocenters.